The van der Waals surface area contributed by atoms with E-state index in [0.29, 0.717) is 11.2 Å². The Morgan fingerprint density at radius 3 is 2.89 bits per heavy atom. The minimum atomic E-state index is 0.201. The van der Waals surface area contributed by atoms with Gasteiger partial charge >= 0.3 is 0 Å². The zero-order chi connectivity index (χ0) is 13.1. The highest BCUT2D eigenvalue weighted by atomic mass is 35.5. The highest BCUT2D eigenvalue weighted by Crippen LogP contribution is 2.20. The van der Waals surface area contributed by atoms with Crippen molar-refractivity contribution >= 4 is 34.7 Å². The topological polar surface area (TPSA) is 55.0 Å². The molecule has 2 aromatic rings. The molecule has 96 valence electrons. The van der Waals surface area contributed by atoms with Gasteiger partial charge < -0.3 is 10.6 Å². The standard InChI is InChI=1S/C12H15ClN4S/c1-8(5-9-3-4-18-7-9)17(2)11-6-10(13)15-12(14)16-11/h3-4,6-8H,5H2,1-2H3,(H2,14,15,16). The second-order valence-corrected chi connectivity index (χ2v) is 5.37. The van der Waals surface area contributed by atoms with Crippen molar-refractivity contribution in [2.45, 2.75) is 19.4 Å². The van der Waals surface area contributed by atoms with Crippen molar-refractivity contribution in [3.63, 3.8) is 0 Å². The van der Waals surface area contributed by atoms with Crippen LogP contribution in [0.2, 0.25) is 5.15 Å². The molecule has 0 spiro atoms. The molecule has 4 nitrogen and oxygen atoms in total. The van der Waals surface area contributed by atoms with Crippen LogP contribution in [0.5, 0.6) is 0 Å². The van der Waals surface area contributed by atoms with Crippen LogP contribution >= 0.6 is 22.9 Å². The van der Waals surface area contributed by atoms with Crippen molar-refractivity contribution in [2.24, 2.45) is 0 Å². The summed E-state index contributed by atoms with van der Waals surface area (Å²) in [6, 6.07) is 4.17. The molecule has 2 heterocycles. The number of likely N-dealkylation sites (N-methyl/N-ethyl adjacent to an activating group) is 1. The van der Waals surface area contributed by atoms with Crippen molar-refractivity contribution in [2.75, 3.05) is 17.7 Å². The van der Waals surface area contributed by atoms with Crippen LogP contribution in [0.4, 0.5) is 11.8 Å². The molecule has 0 saturated carbocycles. The second-order valence-electron chi connectivity index (χ2n) is 4.20. The van der Waals surface area contributed by atoms with Gasteiger partial charge in [-0.25, -0.2) is 4.98 Å². The van der Waals surface area contributed by atoms with Gasteiger partial charge in [0.25, 0.3) is 0 Å². The lowest BCUT2D eigenvalue weighted by Crippen LogP contribution is -2.31. The van der Waals surface area contributed by atoms with Crippen LogP contribution in [0.25, 0.3) is 0 Å². The molecule has 0 aliphatic heterocycles. The first-order chi connectivity index (χ1) is 8.56. The van der Waals surface area contributed by atoms with Gasteiger partial charge in [0, 0.05) is 19.2 Å². The lowest BCUT2D eigenvalue weighted by atomic mass is 10.1. The fourth-order valence-electron chi connectivity index (χ4n) is 1.72. The van der Waals surface area contributed by atoms with E-state index in [1.54, 1.807) is 17.4 Å². The molecular formula is C12H15ClN4S. The predicted molar refractivity (Wildman–Crippen MR) is 77.3 cm³/mol. The summed E-state index contributed by atoms with van der Waals surface area (Å²) in [6.07, 6.45) is 0.960. The van der Waals surface area contributed by atoms with Gasteiger partial charge in [-0.2, -0.15) is 16.3 Å². The van der Waals surface area contributed by atoms with Gasteiger partial charge in [0.05, 0.1) is 0 Å². The summed E-state index contributed by atoms with van der Waals surface area (Å²) >= 11 is 7.59. The van der Waals surface area contributed by atoms with E-state index >= 15 is 0 Å². The van der Waals surface area contributed by atoms with E-state index in [4.69, 9.17) is 17.3 Å². The van der Waals surface area contributed by atoms with Gasteiger partial charge in [-0.1, -0.05) is 11.6 Å². The smallest absolute Gasteiger partial charge is 0.223 e. The molecule has 1 unspecified atom stereocenters. The molecule has 0 aliphatic carbocycles. The monoisotopic (exact) mass is 282 g/mol. The maximum atomic E-state index is 5.89. The molecule has 2 aromatic heterocycles. The first kappa shape index (κ1) is 13.1. The van der Waals surface area contributed by atoms with Crippen molar-refractivity contribution in [3.05, 3.63) is 33.6 Å². The third kappa shape index (κ3) is 3.11. The minimum Gasteiger partial charge on any atom is -0.368 e. The Labute approximate surface area is 115 Å². The van der Waals surface area contributed by atoms with Crippen molar-refractivity contribution < 1.29 is 0 Å². The molecule has 6 heteroatoms. The lowest BCUT2D eigenvalue weighted by molar-refractivity contribution is 0.675. The fourth-order valence-corrected chi connectivity index (χ4v) is 2.58. The predicted octanol–water partition coefficient (Wildman–Crippen LogP) is 2.84. The Kier molecular flexibility index (Phi) is 4.04. The van der Waals surface area contributed by atoms with Crippen LogP contribution < -0.4 is 10.6 Å². The number of aromatic nitrogens is 2. The maximum absolute atomic E-state index is 5.89. The minimum absolute atomic E-state index is 0.201. The molecule has 0 radical (unpaired) electrons. The number of rotatable bonds is 4. The Bertz CT molecular complexity index is 495. The summed E-state index contributed by atoms with van der Waals surface area (Å²) in [4.78, 5) is 10.1. The Morgan fingerprint density at radius 1 is 1.50 bits per heavy atom. The Hall–Kier alpha value is -1.33. The molecule has 0 aromatic carbocycles. The van der Waals surface area contributed by atoms with Crippen LogP contribution in [0.3, 0.4) is 0 Å². The van der Waals surface area contributed by atoms with Crippen LogP contribution in [-0.2, 0) is 6.42 Å². The van der Waals surface area contributed by atoms with Gasteiger partial charge in [0.15, 0.2) is 0 Å². The third-order valence-corrected chi connectivity index (χ3v) is 3.76. The zero-order valence-electron chi connectivity index (χ0n) is 10.3. The van der Waals surface area contributed by atoms with Gasteiger partial charge in [-0.3, -0.25) is 0 Å². The summed E-state index contributed by atoms with van der Waals surface area (Å²) in [5.41, 5.74) is 6.93. The number of anilines is 2. The van der Waals surface area contributed by atoms with E-state index < -0.39 is 0 Å². The molecule has 1 atom stereocenters. The average molecular weight is 283 g/mol. The quantitative estimate of drug-likeness (QED) is 0.876. The van der Waals surface area contributed by atoms with Crippen LogP contribution in [0.15, 0.2) is 22.9 Å². The normalized spacial score (nSPS) is 12.4. The summed E-state index contributed by atoms with van der Waals surface area (Å²) in [5.74, 6) is 0.947. The molecule has 0 aliphatic rings. The lowest BCUT2D eigenvalue weighted by Gasteiger charge is -2.25. The van der Waals surface area contributed by atoms with Crippen LogP contribution in [0, 0.1) is 0 Å². The molecule has 2 N–H and O–H groups in total. The highest BCUT2D eigenvalue weighted by molar-refractivity contribution is 7.07. The second kappa shape index (κ2) is 5.54. The SMILES string of the molecule is CC(Cc1ccsc1)N(C)c1cc(Cl)nc(N)n1. The van der Waals surface area contributed by atoms with E-state index in [1.165, 1.54) is 5.56 Å². The summed E-state index contributed by atoms with van der Waals surface area (Å²) in [7, 11) is 1.98. The number of nitrogens with two attached hydrogens (primary N) is 1. The van der Waals surface area contributed by atoms with Crippen molar-refractivity contribution in [1.29, 1.82) is 0 Å². The molecule has 0 fully saturated rings. The van der Waals surface area contributed by atoms with E-state index in [9.17, 15) is 0 Å². The summed E-state index contributed by atoms with van der Waals surface area (Å²) < 4.78 is 0. The van der Waals surface area contributed by atoms with Gasteiger partial charge in [-0.15, -0.1) is 0 Å². The van der Waals surface area contributed by atoms with E-state index in [0.717, 1.165) is 12.2 Å². The largest absolute Gasteiger partial charge is 0.368 e. The summed E-state index contributed by atoms with van der Waals surface area (Å²) in [6.45, 7) is 2.14. The van der Waals surface area contributed by atoms with Crippen LogP contribution in [0.1, 0.15) is 12.5 Å². The van der Waals surface area contributed by atoms with Gasteiger partial charge in [0.2, 0.25) is 5.95 Å². The molecule has 0 saturated heterocycles. The first-order valence-corrected chi connectivity index (χ1v) is 6.92. The van der Waals surface area contributed by atoms with Crippen molar-refractivity contribution in [1.82, 2.24) is 9.97 Å². The number of nitrogen functional groups attached to an aromatic ring is 1. The highest BCUT2D eigenvalue weighted by Gasteiger charge is 2.13. The average Bonchev–Trinajstić information content (AvgIpc) is 2.79. The molecule has 0 amide bonds. The molecular weight excluding hydrogens is 268 g/mol. The van der Waals surface area contributed by atoms with Crippen molar-refractivity contribution in [3.8, 4) is 0 Å². The fraction of sp³-hybridized carbons (Fsp3) is 0.333. The zero-order valence-corrected chi connectivity index (χ0v) is 11.9. The number of thiophene rings is 1. The van der Waals surface area contributed by atoms with E-state index in [1.807, 2.05) is 7.05 Å². The molecule has 2 rings (SSSR count). The number of halogens is 1. The summed E-state index contributed by atoms with van der Waals surface area (Å²) in [5, 5.41) is 4.61. The van der Waals surface area contributed by atoms with E-state index in [2.05, 4.69) is 38.6 Å². The number of hydrogen-bond donors (Lipinski definition) is 1. The number of nitrogens with zero attached hydrogens (tertiary/aromatic N) is 3. The maximum Gasteiger partial charge on any atom is 0.223 e. The third-order valence-electron chi connectivity index (χ3n) is 2.83. The van der Waals surface area contributed by atoms with Crippen LogP contribution in [-0.4, -0.2) is 23.1 Å². The first-order valence-electron chi connectivity index (χ1n) is 5.60. The van der Waals surface area contributed by atoms with E-state index in [-0.39, 0.29) is 5.95 Å². The number of hydrogen-bond acceptors (Lipinski definition) is 5. The van der Waals surface area contributed by atoms with Gasteiger partial charge in [0.1, 0.15) is 11.0 Å². The Morgan fingerprint density at radius 2 is 2.28 bits per heavy atom. The molecule has 18 heavy (non-hydrogen) atoms. The van der Waals surface area contributed by atoms with Gasteiger partial charge in [-0.05, 0) is 35.7 Å². The molecule has 0 bridgehead atoms. The Balaban J connectivity index is 2.12.